The molecule has 0 atom stereocenters. The van der Waals surface area contributed by atoms with Gasteiger partial charge in [0.05, 0.1) is 0 Å². The largest absolute Gasteiger partial charge is 0.314 e. The number of hydrogen-bond acceptors (Lipinski definition) is 3. The van der Waals surface area contributed by atoms with E-state index in [0.717, 1.165) is 34.8 Å². The number of rotatable bonds is 0. The van der Waals surface area contributed by atoms with Gasteiger partial charge in [-0.1, -0.05) is 29.9 Å². The molecule has 0 bridgehead atoms. The first-order valence-electron chi connectivity index (χ1n) is 4.83. The Balaban J connectivity index is 0. The van der Waals surface area contributed by atoms with Crippen LogP contribution in [0, 0.1) is 0 Å². The average molecular weight is 207 g/mol. The van der Waals surface area contributed by atoms with E-state index in [4.69, 9.17) is 0 Å². The molecule has 0 saturated carbocycles. The molecule has 0 aromatic heterocycles. The molecule has 1 aliphatic heterocycles. The van der Waals surface area contributed by atoms with E-state index in [0.29, 0.717) is 0 Å². The Hall–Kier alpha value is 0.310. The predicted molar refractivity (Wildman–Crippen MR) is 65.0 cm³/mol. The van der Waals surface area contributed by atoms with Crippen molar-refractivity contribution < 1.29 is 0 Å². The monoisotopic (exact) mass is 207 g/mol. The molecule has 82 valence electrons. The molecule has 1 rings (SSSR count). The van der Waals surface area contributed by atoms with Gasteiger partial charge in [0.2, 0.25) is 0 Å². The van der Waals surface area contributed by atoms with E-state index in [1.807, 2.05) is 13.8 Å². The number of hydrogen-bond donors (Lipinski definition) is 3. The quantitative estimate of drug-likeness (QED) is 0.519. The average Bonchev–Trinajstić information content (AvgIpc) is 2.18. The standard InChI is InChI=1S/C6H16N3P.C2H6.CH4/c1-3-8-5-10-6-9-4-2-7-1;1-2;/h7-10H,1-6H2;1-2H3;1H4. The van der Waals surface area contributed by atoms with E-state index < -0.39 is 0 Å². The van der Waals surface area contributed by atoms with Gasteiger partial charge >= 0.3 is 0 Å². The Bertz CT molecular complexity index is 48.0. The van der Waals surface area contributed by atoms with Crippen LogP contribution >= 0.6 is 8.58 Å². The van der Waals surface area contributed by atoms with Crippen LogP contribution in [0.15, 0.2) is 0 Å². The first-order valence-corrected chi connectivity index (χ1v) is 6.24. The number of nitrogens with one attached hydrogen (secondary N) is 3. The van der Waals surface area contributed by atoms with Crippen LogP contribution in [0.2, 0.25) is 0 Å². The third-order valence-corrected chi connectivity index (χ3v) is 2.46. The highest BCUT2D eigenvalue weighted by molar-refractivity contribution is 7.37. The molecule has 1 fully saturated rings. The maximum atomic E-state index is 3.36. The highest BCUT2D eigenvalue weighted by Gasteiger charge is 1.92. The van der Waals surface area contributed by atoms with Crippen molar-refractivity contribution in [2.75, 3.05) is 38.8 Å². The van der Waals surface area contributed by atoms with Crippen LogP contribution < -0.4 is 16.0 Å². The smallest absolute Gasteiger partial charge is 0.0139 e. The van der Waals surface area contributed by atoms with E-state index in [9.17, 15) is 0 Å². The predicted octanol–water partition coefficient (Wildman–Crippen LogP) is 1.02. The van der Waals surface area contributed by atoms with Crippen LogP contribution in [0.3, 0.4) is 0 Å². The summed E-state index contributed by atoms with van der Waals surface area (Å²) in [6.45, 7) is 8.44. The highest BCUT2D eigenvalue weighted by atomic mass is 31.1. The van der Waals surface area contributed by atoms with Crippen LogP contribution in [0.4, 0.5) is 0 Å². The highest BCUT2D eigenvalue weighted by Crippen LogP contribution is 2.02. The molecule has 0 aliphatic carbocycles. The summed E-state index contributed by atoms with van der Waals surface area (Å²) in [4.78, 5) is 0. The second kappa shape index (κ2) is 14.8. The zero-order chi connectivity index (χ0) is 9.07. The van der Waals surface area contributed by atoms with Gasteiger partial charge in [-0.15, -0.1) is 0 Å². The van der Waals surface area contributed by atoms with Crippen molar-refractivity contribution in [3.63, 3.8) is 0 Å². The summed E-state index contributed by atoms with van der Waals surface area (Å²) < 4.78 is 0. The van der Waals surface area contributed by atoms with Gasteiger partial charge in [0.25, 0.3) is 0 Å². The zero-order valence-corrected chi connectivity index (χ0v) is 9.24. The molecule has 3 nitrogen and oxygen atoms in total. The summed E-state index contributed by atoms with van der Waals surface area (Å²) in [7, 11) is 1.03. The normalized spacial score (nSPS) is 18.9. The maximum Gasteiger partial charge on any atom is 0.0139 e. The molecule has 0 aromatic carbocycles. The fourth-order valence-electron chi connectivity index (χ4n) is 0.895. The van der Waals surface area contributed by atoms with Crippen molar-refractivity contribution in [2.45, 2.75) is 21.3 Å². The first-order chi connectivity index (χ1) is 6.00. The van der Waals surface area contributed by atoms with Crippen LogP contribution in [-0.4, -0.2) is 38.8 Å². The molecular formula is C9H26N3P. The van der Waals surface area contributed by atoms with Gasteiger partial charge in [0.15, 0.2) is 0 Å². The molecule has 0 spiro atoms. The minimum absolute atomic E-state index is 0. The lowest BCUT2D eigenvalue weighted by Crippen LogP contribution is -2.34. The van der Waals surface area contributed by atoms with Crippen molar-refractivity contribution >= 4 is 8.58 Å². The minimum atomic E-state index is 0. The minimum Gasteiger partial charge on any atom is -0.314 e. The van der Waals surface area contributed by atoms with Gasteiger partial charge in [-0.2, -0.15) is 0 Å². The summed E-state index contributed by atoms with van der Waals surface area (Å²) in [5.74, 6) is 0. The Morgan fingerprint density at radius 3 is 1.62 bits per heavy atom. The van der Waals surface area contributed by atoms with E-state index in [1.165, 1.54) is 12.6 Å². The molecule has 0 unspecified atom stereocenters. The van der Waals surface area contributed by atoms with E-state index in [-0.39, 0.29) is 7.43 Å². The molecule has 13 heavy (non-hydrogen) atoms. The van der Waals surface area contributed by atoms with E-state index in [1.54, 1.807) is 0 Å². The summed E-state index contributed by atoms with van der Waals surface area (Å²) in [5.41, 5.74) is 0. The molecule has 0 amide bonds. The van der Waals surface area contributed by atoms with Crippen molar-refractivity contribution in [2.24, 2.45) is 0 Å². The fourth-order valence-corrected chi connectivity index (χ4v) is 1.73. The van der Waals surface area contributed by atoms with Crippen LogP contribution in [0.1, 0.15) is 21.3 Å². The maximum absolute atomic E-state index is 3.36. The van der Waals surface area contributed by atoms with Gasteiger partial charge in [-0.25, -0.2) is 0 Å². The third-order valence-electron chi connectivity index (χ3n) is 1.46. The lowest BCUT2D eigenvalue weighted by Gasteiger charge is -2.10. The summed E-state index contributed by atoms with van der Waals surface area (Å²) in [6.07, 6.45) is 2.35. The molecule has 1 heterocycles. The molecule has 1 aliphatic rings. The Labute approximate surface area is 85.2 Å². The fraction of sp³-hybridized carbons (Fsp3) is 1.00. The van der Waals surface area contributed by atoms with Crippen molar-refractivity contribution in [1.82, 2.24) is 16.0 Å². The Morgan fingerprint density at radius 2 is 1.15 bits per heavy atom. The van der Waals surface area contributed by atoms with Crippen LogP contribution in [0.25, 0.3) is 0 Å². The van der Waals surface area contributed by atoms with Gasteiger partial charge in [-0.05, 0) is 0 Å². The SMILES string of the molecule is C.C1CNCPCNCCN1.CC. The second-order valence-corrected chi connectivity index (χ2v) is 3.56. The van der Waals surface area contributed by atoms with Gasteiger partial charge in [-0.3, -0.25) is 0 Å². The summed E-state index contributed by atoms with van der Waals surface area (Å²) in [5, 5.41) is 10.1. The lowest BCUT2D eigenvalue weighted by molar-refractivity contribution is 0.611. The van der Waals surface area contributed by atoms with Crippen molar-refractivity contribution in [1.29, 1.82) is 0 Å². The third kappa shape index (κ3) is 12.3. The lowest BCUT2D eigenvalue weighted by atomic mass is 10.5. The summed E-state index contributed by atoms with van der Waals surface area (Å²) >= 11 is 0. The molecule has 0 radical (unpaired) electrons. The van der Waals surface area contributed by atoms with E-state index in [2.05, 4.69) is 16.0 Å². The van der Waals surface area contributed by atoms with Gasteiger partial charge in [0.1, 0.15) is 0 Å². The second-order valence-electron chi connectivity index (χ2n) is 2.35. The molecule has 0 aromatic rings. The van der Waals surface area contributed by atoms with E-state index >= 15 is 0 Å². The van der Waals surface area contributed by atoms with Crippen molar-refractivity contribution in [3.05, 3.63) is 0 Å². The van der Waals surface area contributed by atoms with Crippen LogP contribution in [-0.2, 0) is 0 Å². The van der Waals surface area contributed by atoms with Gasteiger partial charge < -0.3 is 16.0 Å². The van der Waals surface area contributed by atoms with Crippen molar-refractivity contribution in [3.8, 4) is 0 Å². The first kappa shape index (κ1) is 15.8. The zero-order valence-electron chi connectivity index (χ0n) is 8.24. The molecule has 4 heteroatoms. The Morgan fingerprint density at radius 1 is 0.769 bits per heavy atom. The Kier molecular flexibility index (Phi) is 18.0. The molecular weight excluding hydrogens is 181 g/mol. The van der Waals surface area contributed by atoms with Crippen LogP contribution in [0.5, 0.6) is 0 Å². The summed E-state index contributed by atoms with van der Waals surface area (Å²) in [6, 6.07) is 0. The molecule has 3 N–H and O–H groups in total. The van der Waals surface area contributed by atoms with Gasteiger partial charge in [0, 0.05) is 38.8 Å². The topological polar surface area (TPSA) is 36.1 Å². The molecule has 1 saturated heterocycles.